The van der Waals surface area contributed by atoms with Crippen molar-refractivity contribution >= 4 is 33.4 Å². The predicted octanol–water partition coefficient (Wildman–Crippen LogP) is 15.1. The molecule has 0 amide bonds. The van der Waals surface area contributed by atoms with Gasteiger partial charge in [-0.2, -0.15) is 0 Å². The smallest absolute Gasteiger partial charge is 0.0468 e. The van der Waals surface area contributed by atoms with Gasteiger partial charge >= 0.3 is 0 Å². The van der Waals surface area contributed by atoms with E-state index >= 15 is 0 Å². The number of fused-ring (bicyclic) bond motifs is 1. The van der Waals surface area contributed by atoms with Crippen LogP contribution in [-0.2, 0) is 0 Å². The molecular formula is C53H41N. The van der Waals surface area contributed by atoms with Crippen LogP contribution in [0.3, 0.4) is 0 Å². The average Bonchev–Trinajstić information content (AvgIpc) is 3.25. The molecule has 0 aliphatic heterocycles. The van der Waals surface area contributed by atoms with E-state index in [1.165, 1.54) is 44.2 Å². The van der Waals surface area contributed by atoms with Crippen molar-refractivity contribution in [2.75, 3.05) is 4.90 Å². The Morgan fingerprint density at radius 1 is 0.444 bits per heavy atom. The molecule has 0 N–H and O–H groups in total. The van der Waals surface area contributed by atoms with Crippen molar-refractivity contribution in [3.63, 3.8) is 0 Å². The van der Waals surface area contributed by atoms with Crippen LogP contribution in [0.1, 0.15) is 12.5 Å². The van der Waals surface area contributed by atoms with Gasteiger partial charge in [-0.05, 0) is 110 Å². The van der Waals surface area contributed by atoms with E-state index in [-0.39, 0.29) is 0 Å². The Morgan fingerprint density at radius 2 is 0.926 bits per heavy atom. The molecule has 0 saturated heterocycles. The standard InChI is InChI=1S/C53H41N/c1-3-14-43(15-4-2)53-38-49(36-37-52(53)46-26-24-45(25-27-46)51-23-13-21-44-20-11-12-22-50(44)51)54(47-32-28-41(29-33-47)39-16-7-5-8-17-39)48-34-30-42(31-35-48)40-18-9-6-10-19-40/h3-38H,1H2,2H3/b15-4-,43-14+. The highest BCUT2D eigenvalue weighted by molar-refractivity contribution is 5.97. The first-order chi connectivity index (χ1) is 26.7. The second kappa shape index (κ2) is 15.7. The summed E-state index contributed by atoms with van der Waals surface area (Å²) in [5, 5.41) is 2.51. The van der Waals surface area contributed by atoms with Crippen LogP contribution in [0.25, 0.3) is 60.9 Å². The zero-order valence-corrected chi connectivity index (χ0v) is 30.4. The fourth-order valence-corrected chi connectivity index (χ4v) is 7.32. The molecule has 0 spiro atoms. The number of benzene rings is 8. The van der Waals surface area contributed by atoms with Crippen molar-refractivity contribution in [1.29, 1.82) is 0 Å². The van der Waals surface area contributed by atoms with Crippen molar-refractivity contribution in [2.24, 2.45) is 0 Å². The molecule has 8 aromatic rings. The number of nitrogens with zero attached hydrogens (tertiary/aromatic N) is 1. The van der Waals surface area contributed by atoms with Crippen LogP contribution >= 0.6 is 0 Å². The fraction of sp³-hybridized carbons (Fsp3) is 0.0189. The molecule has 0 aromatic heterocycles. The van der Waals surface area contributed by atoms with Crippen molar-refractivity contribution in [3.05, 3.63) is 231 Å². The summed E-state index contributed by atoms with van der Waals surface area (Å²) in [6.45, 7) is 6.14. The molecule has 8 aromatic carbocycles. The number of hydrogen-bond donors (Lipinski definition) is 0. The summed E-state index contributed by atoms with van der Waals surface area (Å²) in [5.74, 6) is 0. The highest BCUT2D eigenvalue weighted by atomic mass is 15.1. The molecule has 0 saturated carbocycles. The largest absolute Gasteiger partial charge is 0.310 e. The summed E-state index contributed by atoms with van der Waals surface area (Å²) < 4.78 is 0. The number of hydrogen-bond acceptors (Lipinski definition) is 1. The lowest BCUT2D eigenvalue weighted by Gasteiger charge is -2.27. The molecule has 1 nitrogen and oxygen atoms in total. The molecule has 0 radical (unpaired) electrons. The molecule has 0 fully saturated rings. The van der Waals surface area contributed by atoms with Gasteiger partial charge in [0.1, 0.15) is 0 Å². The van der Waals surface area contributed by atoms with Crippen molar-refractivity contribution in [2.45, 2.75) is 6.92 Å². The Labute approximate surface area is 319 Å². The molecule has 1 heteroatoms. The maximum atomic E-state index is 4.08. The van der Waals surface area contributed by atoms with Gasteiger partial charge < -0.3 is 4.90 Å². The Balaban J connectivity index is 1.24. The topological polar surface area (TPSA) is 3.24 Å². The first-order valence-electron chi connectivity index (χ1n) is 18.5. The van der Waals surface area contributed by atoms with Gasteiger partial charge in [-0.3, -0.25) is 0 Å². The normalized spacial score (nSPS) is 11.5. The van der Waals surface area contributed by atoms with Gasteiger partial charge in [-0.1, -0.05) is 189 Å². The molecule has 8 rings (SSSR count). The minimum absolute atomic E-state index is 1.07. The zero-order valence-electron chi connectivity index (χ0n) is 30.4. The first kappa shape index (κ1) is 34.1. The summed E-state index contributed by atoms with van der Waals surface area (Å²) in [7, 11) is 0. The highest BCUT2D eigenvalue weighted by Gasteiger charge is 2.17. The van der Waals surface area contributed by atoms with Crippen LogP contribution in [0.2, 0.25) is 0 Å². The quantitative estimate of drug-likeness (QED) is 0.129. The third-order valence-electron chi connectivity index (χ3n) is 9.98. The molecule has 0 atom stereocenters. The summed E-state index contributed by atoms with van der Waals surface area (Å²) in [5.41, 5.74) is 15.0. The van der Waals surface area contributed by atoms with Gasteiger partial charge in [0, 0.05) is 17.1 Å². The summed E-state index contributed by atoms with van der Waals surface area (Å²) in [4.78, 5) is 2.35. The van der Waals surface area contributed by atoms with Crippen LogP contribution in [0.5, 0.6) is 0 Å². The average molecular weight is 692 g/mol. The van der Waals surface area contributed by atoms with Crippen LogP contribution < -0.4 is 4.90 Å². The monoisotopic (exact) mass is 691 g/mol. The minimum Gasteiger partial charge on any atom is -0.310 e. The van der Waals surface area contributed by atoms with Crippen LogP contribution in [-0.4, -0.2) is 0 Å². The predicted molar refractivity (Wildman–Crippen MR) is 233 cm³/mol. The summed E-state index contributed by atoms with van der Waals surface area (Å²) >= 11 is 0. The van der Waals surface area contributed by atoms with E-state index in [9.17, 15) is 0 Å². The Bertz CT molecular complexity index is 2490. The van der Waals surface area contributed by atoms with E-state index in [0.29, 0.717) is 0 Å². The Hall–Kier alpha value is -6.96. The van der Waals surface area contributed by atoms with Crippen LogP contribution in [0.4, 0.5) is 17.1 Å². The van der Waals surface area contributed by atoms with Gasteiger partial charge in [0.2, 0.25) is 0 Å². The van der Waals surface area contributed by atoms with Crippen molar-refractivity contribution < 1.29 is 0 Å². The molecular weight excluding hydrogens is 651 g/mol. The molecule has 0 bridgehead atoms. The molecule has 0 unspecified atom stereocenters. The second-order valence-corrected chi connectivity index (χ2v) is 13.4. The molecule has 54 heavy (non-hydrogen) atoms. The third-order valence-corrected chi connectivity index (χ3v) is 9.98. The van der Waals surface area contributed by atoms with Gasteiger partial charge in [-0.25, -0.2) is 0 Å². The van der Waals surface area contributed by atoms with Crippen LogP contribution in [0.15, 0.2) is 225 Å². The summed E-state index contributed by atoms with van der Waals surface area (Å²) in [6, 6.07) is 69.8. The minimum atomic E-state index is 1.07. The van der Waals surface area contributed by atoms with Gasteiger partial charge in [0.05, 0.1) is 0 Å². The molecule has 258 valence electrons. The van der Waals surface area contributed by atoms with Crippen LogP contribution in [0, 0.1) is 0 Å². The molecule has 0 aliphatic rings. The molecule has 0 heterocycles. The molecule has 0 aliphatic carbocycles. The Morgan fingerprint density at radius 3 is 1.50 bits per heavy atom. The van der Waals surface area contributed by atoms with E-state index in [2.05, 4.69) is 231 Å². The first-order valence-corrected chi connectivity index (χ1v) is 18.5. The summed E-state index contributed by atoms with van der Waals surface area (Å²) in [6.07, 6.45) is 8.23. The number of rotatable bonds is 10. The van der Waals surface area contributed by atoms with E-state index < -0.39 is 0 Å². The lowest BCUT2D eigenvalue weighted by molar-refractivity contribution is 1.28. The second-order valence-electron chi connectivity index (χ2n) is 13.4. The van der Waals surface area contributed by atoms with Gasteiger partial charge in [0.15, 0.2) is 0 Å². The lowest BCUT2D eigenvalue weighted by atomic mass is 9.91. The van der Waals surface area contributed by atoms with Gasteiger partial charge in [-0.15, -0.1) is 0 Å². The number of anilines is 3. The maximum absolute atomic E-state index is 4.08. The fourth-order valence-electron chi connectivity index (χ4n) is 7.32. The van der Waals surface area contributed by atoms with Gasteiger partial charge in [0.25, 0.3) is 0 Å². The van der Waals surface area contributed by atoms with E-state index in [1.54, 1.807) is 0 Å². The van der Waals surface area contributed by atoms with E-state index in [4.69, 9.17) is 0 Å². The third kappa shape index (κ3) is 7.08. The van der Waals surface area contributed by atoms with Crippen molar-refractivity contribution in [1.82, 2.24) is 0 Å². The highest BCUT2D eigenvalue weighted by Crippen LogP contribution is 2.41. The van der Waals surface area contributed by atoms with E-state index in [0.717, 1.165) is 39.3 Å². The SMILES string of the molecule is C=C/C=C(\C=C/C)c1cc(N(c2ccc(-c3ccccc3)cc2)c2ccc(-c3ccccc3)cc2)ccc1-c1ccc(-c2cccc3ccccc23)cc1. The Kier molecular flexibility index (Phi) is 9.95. The van der Waals surface area contributed by atoms with E-state index in [1.807, 2.05) is 6.08 Å². The maximum Gasteiger partial charge on any atom is 0.0468 e. The lowest BCUT2D eigenvalue weighted by Crippen LogP contribution is -2.10. The zero-order chi connectivity index (χ0) is 36.7. The number of allylic oxidation sites excluding steroid dienone is 5. The van der Waals surface area contributed by atoms with Crippen molar-refractivity contribution in [3.8, 4) is 44.5 Å².